The van der Waals surface area contributed by atoms with Crippen LogP contribution in [0.1, 0.15) is 5.56 Å². The second-order valence-corrected chi connectivity index (χ2v) is 14.0. The quantitative estimate of drug-likeness (QED) is 0.0560. The number of aromatic hydroxyl groups is 2. The molecule has 277 valence electrons. The van der Waals surface area contributed by atoms with Crippen molar-refractivity contribution in [3.63, 3.8) is 0 Å². The van der Waals surface area contributed by atoms with Gasteiger partial charge < -0.3 is 15.5 Å². The predicted molar refractivity (Wildman–Crippen MR) is 190 cm³/mol. The van der Waals surface area contributed by atoms with Gasteiger partial charge in [-0.15, -0.1) is 22.9 Å². The Hall–Kier alpha value is -5.60. The first-order valence-electron chi connectivity index (χ1n) is 14.5. The first-order chi connectivity index (χ1) is 24.5. The molecule has 6 rings (SSSR count). The summed E-state index contributed by atoms with van der Waals surface area (Å²) in [5.41, 5.74) is 2.44. The van der Waals surface area contributed by atoms with Crippen LogP contribution in [0.25, 0.3) is 21.5 Å². The van der Waals surface area contributed by atoms with E-state index in [9.17, 15) is 36.2 Å². The number of rotatable bonds is 8. The molecule has 0 atom stereocenters. The molecule has 0 aliphatic heterocycles. The smallest absolute Gasteiger partial charge is 0.425 e. The summed E-state index contributed by atoms with van der Waals surface area (Å²) in [4.78, 5) is -1.23. The zero-order valence-corrected chi connectivity index (χ0v) is 30.2. The number of nitrogens with one attached hydrogen (secondary N) is 1. The maximum atomic E-state index is 12.1. The largest absolute Gasteiger partial charge is 0.506 e. The predicted octanol–water partition coefficient (Wildman–Crippen LogP) is 7.77. The maximum absolute atomic E-state index is 12.1. The van der Waals surface area contributed by atoms with Crippen LogP contribution in [0.15, 0.2) is 133 Å². The summed E-state index contributed by atoms with van der Waals surface area (Å²) < 4.78 is 92.8. The second kappa shape index (κ2) is 16.4. The molecule has 0 fully saturated rings. The number of phenols is 2. The number of hydrogen-bond donors (Lipinski definition) is 5. The van der Waals surface area contributed by atoms with Crippen LogP contribution < -0.4 is 5.32 Å². The minimum Gasteiger partial charge on any atom is -0.506 e. The summed E-state index contributed by atoms with van der Waals surface area (Å²) in [5, 5.41) is 42.1. The Balaban J connectivity index is 0.00000119. The number of hydrogen-bond acceptors (Lipinski definition) is 14. The van der Waals surface area contributed by atoms with Gasteiger partial charge in [0.2, 0.25) is 0 Å². The molecule has 5 N–H and O–H groups in total. The summed E-state index contributed by atoms with van der Waals surface area (Å²) in [6, 6.07) is 26.9. The average Bonchev–Trinajstić information content (AvgIpc) is 3.07. The normalized spacial score (nSPS) is 11.7. The third-order valence-electron chi connectivity index (χ3n) is 7.32. The summed E-state index contributed by atoms with van der Waals surface area (Å²) in [6.07, 6.45) is 0. The maximum Gasteiger partial charge on any atom is 0.425 e. The van der Waals surface area contributed by atoms with Gasteiger partial charge in [0.05, 0.1) is 11.4 Å². The van der Waals surface area contributed by atoms with Crippen molar-refractivity contribution in [1.82, 2.24) is 0 Å². The van der Waals surface area contributed by atoms with E-state index in [1.165, 1.54) is 30.3 Å². The fourth-order valence-electron chi connectivity index (χ4n) is 5.03. The van der Waals surface area contributed by atoms with Gasteiger partial charge in [0.1, 0.15) is 26.9 Å². The summed E-state index contributed by atoms with van der Waals surface area (Å²) in [7, 11) is -12.7. The number of phenolic OH excluding ortho intramolecular Hbond substituents is 2. The van der Waals surface area contributed by atoms with E-state index >= 15 is 0 Å². The summed E-state index contributed by atoms with van der Waals surface area (Å²) in [6.45, 7) is 1.64. The van der Waals surface area contributed by atoms with Gasteiger partial charge in [-0.05, 0) is 78.5 Å². The van der Waals surface area contributed by atoms with Crippen LogP contribution in [0.5, 0.6) is 11.5 Å². The van der Waals surface area contributed by atoms with E-state index in [4.69, 9.17) is 12.6 Å². The Morgan fingerprint density at radius 2 is 1.23 bits per heavy atom. The molecule has 16 nitrogen and oxygen atoms in total. The number of anilines is 2. The van der Waals surface area contributed by atoms with Gasteiger partial charge in [-0.25, -0.2) is 0 Å². The van der Waals surface area contributed by atoms with Crippen molar-refractivity contribution in [2.24, 2.45) is 20.5 Å². The van der Waals surface area contributed by atoms with E-state index in [-0.39, 0.29) is 62.1 Å². The van der Waals surface area contributed by atoms with Crippen molar-refractivity contribution in [3.05, 3.63) is 109 Å². The van der Waals surface area contributed by atoms with Crippen LogP contribution in [0.2, 0.25) is 0 Å². The van der Waals surface area contributed by atoms with Crippen molar-refractivity contribution in [2.45, 2.75) is 16.7 Å². The van der Waals surface area contributed by atoms with Crippen LogP contribution in [0.4, 0.5) is 34.1 Å². The number of aryl methyl sites for hydroxylation is 1. The minimum atomic E-state index is -4.84. The van der Waals surface area contributed by atoms with Gasteiger partial charge >= 0.3 is 10.6 Å². The Bertz CT molecular complexity index is 2760. The standard InChI is InChI=1S/C33H25N5O8S2.Cu.O3S/c1-19-14-29(38-36-27-13-10-20-15-22(11-12-24(20)33(27)40)34-21-6-3-2-4-7-21)30(39)18-28(19)37-35-23-16-26-25(32(17-23)48(44,45)46)8-5-9-31(26)47(41,42)43;;1-4(2)3/h2-18,34,39-40H,1H3,(H,41,42,43)(H,44,45,46);;. The first-order valence-corrected chi connectivity index (χ1v) is 18.4. The fraction of sp³-hybridized carbons (Fsp3) is 0.0303. The van der Waals surface area contributed by atoms with Crippen molar-refractivity contribution < 1.29 is 65.8 Å². The number of azo groups is 2. The monoisotopic (exact) mass is 826 g/mol. The third-order valence-corrected chi connectivity index (χ3v) is 9.13. The summed E-state index contributed by atoms with van der Waals surface area (Å²) >= 11 is 0. The average molecular weight is 827 g/mol. The molecule has 0 heterocycles. The van der Waals surface area contributed by atoms with Crippen LogP contribution in [0, 0.1) is 6.92 Å². The molecule has 0 aliphatic carbocycles. The van der Waals surface area contributed by atoms with Gasteiger partial charge in [-0.3, -0.25) is 9.11 Å². The molecule has 1 radical (unpaired) electrons. The molecule has 0 spiro atoms. The van der Waals surface area contributed by atoms with Gasteiger partial charge in [-0.2, -0.15) is 27.1 Å². The molecule has 20 heteroatoms. The van der Waals surface area contributed by atoms with E-state index < -0.39 is 40.6 Å². The Kier molecular flexibility index (Phi) is 12.4. The molecule has 0 aliphatic rings. The number of para-hydroxylation sites is 1. The third kappa shape index (κ3) is 9.84. The summed E-state index contributed by atoms with van der Waals surface area (Å²) in [5.74, 6) is -0.429. The molecule has 6 aromatic rings. The van der Waals surface area contributed by atoms with Gasteiger partial charge in [0.25, 0.3) is 20.2 Å². The molecule has 0 unspecified atom stereocenters. The molecule has 0 saturated heterocycles. The van der Waals surface area contributed by atoms with Crippen molar-refractivity contribution in [2.75, 3.05) is 5.32 Å². The first kappa shape index (κ1) is 40.2. The SMILES string of the molecule is Cc1cc(N=Nc2ccc3cc(Nc4ccccc4)ccc3c2O)c(O)cc1N=Nc1cc(S(=O)(=O)O)c2cccc(S(=O)(=O)O)c2c1.O=S(=O)=O.[Cu]. The molecule has 0 saturated carbocycles. The van der Waals surface area contributed by atoms with Crippen LogP contribution in [-0.2, 0) is 47.9 Å². The van der Waals surface area contributed by atoms with Crippen LogP contribution >= 0.6 is 0 Å². The number of benzene rings is 6. The molecule has 0 amide bonds. The second-order valence-electron chi connectivity index (χ2n) is 10.8. The van der Waals surface area contributed by atoms with Crippen molar-refractivity contribution >= 4 is 86.5 Å². The minimum absolute atomic E-state index is 0. The van der Waals surface area contributed by atoms with E-state index in [0.717, 1.165) is 28.9 Å². The Morgan fingerprint density at radius 1 is 0.585 bits per heavy atom. The van der Waals surface area contributed by atoms with E-state index in [1.807, 2.05) is 42.5 Å². The van der Waals surface area contributed by atoms with Gasteiger partial charge in [-0.1, -0.05) is 36.4 Å². The van der Waals surface area contributed by atoms with Gasteiger partial charge in [0, 0.05) is 50.7 Å². The topological polar surface area (TPSA) is 262 Å². The van der Waals surface area contributed by atoms with Crippen LogP contribution in [0.3, 0.4) is 0 Å². The van der Waals surface area contributed by atoms with E-state index in [2.05, 4.69) is 25.8 Å². The van der Waals surface area contributed by atoms with Crippen molar-refractivity contribution in [1.29, 1.82) is 0 Å². The molecular weight excluding hydrogens is 802 g/mol. The van der Waals surface area contributed by atoms with Gasteiger partial charge in [0.15, 0.2) is 5.75 Å². The van der Waals surface area contributed by atoms with E-state index in [0.29, 0.717) is 10.9 Å². The molecule has 0 bridgehead atoms. The fourth-order valence-corrected chi connectivity index (χ4v) is 6.45. The molecule has 53 heavy (non-hydrogen) atoms. The Labute approximate surface area is 313 Å². The van der Waals surface area contributed by atoms with E-state index in [1.54, 1.807) is 25.1 Å². The zero-order valence-electron chi connectivity index (χ0n) is 26.8. The van der Waals surface area contributed by atoms with Crippen LogP contribution in [-0.4, -0.2) is 48.8 Å². The van der Waals surface area contributed by atoms with Crippen molar-refractivity contribution in [3.8, 4) is 11.5 Å². The number of nitrogens with zero attached hydrogens (tertiary/aromatic N) is 4. The molecule has 0 aromatic heterocycles. The zero-order chi connectivity index (χ0) is 37.8. The Morgan fingerprint density at radius 3 is 1.89 bits per heavy atom. The molecule has 6 aromatic carbocycles. The number of fused-ring (bicyclic) bond motifs is 2. The molecular formula is C33H25CuN5O11S3.